The molecule has 338 valence electrons. The predicted molar refractivity (Wildman–Crippen MR) is 299 cm³/mol. The zero-order valence-corrected chi connectivity index (χ0v) is 39.9. The minimum Gasteiger partial charge on any atom is -0.311 e. The Hall–Kier alpha value is -8.92. The monoisotopic (exact) mass is 909 g/mol. The Labute approximate surface area is 416 Å². The normalized spacial score (nSPS) is 13.1. The summed E-state index contributed by atoms with van der Waals surface area (Å²) in [5.41, 5.74) is 22.3. The molecule has 0 amide bonds. The quantitative estimate of drug-likeness (QED) is 0.127. The van der Waals surface area contributed by atoms with E-state index in [9.17, 15) is 0 Å². The van der Waals surface area contributed by atoms with E-state index in [-0.39, 0.29) is 0 Å². The summed E-state index contributed by atoms with van der Waals surface area (Å²) in [7, 11) is 0. The summed E-state index contributed by atoms with van der Waals surface area (Å²) in [5.74, 6) is 0. The maximum Gasteiger partial charge on any atom is 0.0726 e. The Morgan fingerprint density at radius 1 is 0.423 bits per heavy atom. The van der Waals surface area contributed by atoms with E-state index in [0.717, 1.165) is 57.4 Å². The number of fused-ring (bicyclic) bond motifs is 13. The van der Waals surface area contributed by atoms with E-state index in [1.54, 1.807) is 0 Å². The van der Waals surface area contributed by atoms with Gasteiger partial charge in [-0.1, -0.05) is 177 Å². The van der Waals surface area contributed by atoms with Gasteiger partial charge in [-0.05, 0) is 160 Å². The minimum atomic E-state index is -0.477. The molecule has 0 atom stereocenters. The van der Waals surface area contributed by atoms with Gasteiger partial charge in [0.15, 0.2) is 0 Å². The number of hydrogen-bond acceptors (Lipinski definition) is 2. The van der Waals surface area contributed by atoms with Gasteiger partial charge in [0.1, 0.15) is 0 Å². The van der Waals surface area contributed by atoms with Crippen LogP contribution in [-0.4, -0.2) is 4.57 Å². The van der Waals surface area contributed by atoms with E-state index >= 15 is 0 Å². The molecule has 3 nitrogen and oxygen atoms in total. The van der Waals surface area contributed by atoms with Crippen molar-refractivity contribution in [2.45, 2.75) is 25.7 Å². The molecule has 0 N–H and O–H groups in total. The van der Waals surface area contributed by atoms with Crippen molar-refractivity contribution in [3.63, 3.8) is 0 Å². The SMILES string of the molecule is C/C=C\C(=C/CC)N(c1ccccc1)c1cc(-c2ccc3c(c2)c2ccccc2n3-c2ccccc2)cc(N(c2ccccc2)c2ccc3c(c2)C2(c4ccccc4-c4ccccc42)c2ccccc2-3)c1. The fourth-order valence-corrected chi connectivity index (χ4v) is 11.9. The van der Waals surface area contributed by atoms with Crippen LogP contribution >= 0.6 is 0 Å². The molecule has 0 bridgehead atoms. The number of benzene rings is 10. The van der Waals surface area contributed by atoms with Crippen LogP contribution < -0.4 is 9.80 Å². The lowest BCUT2D eigenvalue weighted by Gasteiger charge is -2.33. The lowest BCUT2D eigenvalue weighted by molar-refractivity contribution is 0.793. The first kappa shape index (κ1) is 42.2. The second-order valence-corrected chi connectivity index (χ2v) is 18.7. The molecule has 3 heteroatoms. The van der Waals surface area contributed by atoms with Crippen LogP contribution in [0.3, 0.4) is 0 Å². The summed E-state index contributed by atoms with van der Waals surface area (Å²) >= 11 is 0. The molecule has 10 aromatic carbocycles. The van der Waals surface area contributed by atoms with Gasteiger partial charge in [-0.3, -0.25) is 0 Å². The highest BCUT2D eigenvalue weighted by molar-refractivity contribution is 6.10. The number of nitrogens with zero attached hydrogens (tertiary/aromatic N) is 3. The van der Waals surface area contributed by atoms with Gasteiger partial charge in [0.2, 0.25) is 0 Å². The molecule has 1 heterocycles. The Balaban J connectivity index is 1.08. The van der Waals surface area contributed by atoms with Gasteiger partial charge >= 0.3 is 0 Å². The number of hydrogen-bond donors (Lipinski definition) is 0. The third-order valence-electron chi connectivity index (χ3n) is 14.7. The molecule has 2 aliphatic carbocycles. The Kier molecular flexibility index (Phi) is 10.2. The van der Waals surface area contributed by atoms with Crippen LogP contribution in [0, 0.1) is 0 Å². The van der Waals surface area contributed by atoms with Crippen molar-refractivity contribution in [1.82, 2.24) is 4.57 Å². The molecular weight excluding hydrogens is 859 g/mol. The Morgan fingerprint density at radius 3 is 1.62 bits per heavy atom. The van der Waals surface area contributed by atoms with Crippen molar-refractivity contribution in [1.29, 1.82) is 0 Å². The van der Waals surface area contributed by atoms with Crippen LogP contribution in [0.1, 0.15) is 42.5 Å². The summed E-state index contributed by atoms with van der Waals surface area (Å²) < 4.78 is 2.39. The van der Waals surface area contributed by atoms with E-state index in [1.165, 1.54) is 66.3 Å². The fourth-order valence-electron chi connectivity index (χ4n) is 11.9. The van der Waals surface area contributed by atoms with E-state index in [4.69, 9.17) is 0 Å². The van der Waals surface area contributed by atoms with Gasteiger partial charge < -0.3 is 14.4 Å². The topological polar surface area (TPSA) is 11.4 Å². The van der Waals surface area contributed by atoms with Gasteiger partial charge in [0.25, 0.3) is 0 Å². The maximum absolute atomic E-state index is 2.50. The van der Waals surface area contributed by atoms with E-state index < -0.39 is 5.41 Å². The van der Waals surface area contributed by atoms with Crippen LogP contribution in [0.2, 0.25) is 0 Å². The summed E-state index contributed by atoms with van der Waals surface area (Å²) in [6.45, 7) is 4.32. The van der Waals surface area contributed by atoms with Crippen LogP contribution in [0.4, 0.5) is 28.4 Å². The van der Waals surface area contributed by atoms with Gasteiger partial charge in [0, 0.05) is 50.6 Å². The zero-order valence-electron chi connectivity index (χ0n) is 39.9. The summed E-state index contributed by atoms with van der Waals surface area (Å²) in [5, 5.41) is 2.45. The molecule has 71 heavy (non-hydrogen) atoms. The van der Waals surface area contributed by atoms with Crippen LogP contribution in [0.5, 0.6) is 0 Å². The van der Waals surface area contributed by atoms with Crippen molar-refractivity contribution < 1.29 is 0 Å². The Morgan fingerprint density at radius 2 is 0.972 bits per heavy atom. The van der Waals surface area contributed by atoms with E-state index in [1.807, 2.05) is 0 Å². The number of aromatic nitrogens is 1. The molecule has 0 saturated heterocycles. The van der Waals surface area contributed by atoms with Gasteiger partial charge in [-0.25, -0.2) is 0 Å². The molecule has 2 aliphatic rings. The molecular formula is C68H51N3. The first-order valence-electron chi connectivity index (χ1n) is 24.9. The second-order valence-electron chi connectivity index (χ2n) is 18.7. The fraction of sp³-hybridized carbons (Fsp3) is 0.0588. The highest BCUT2D eigenvalue weighted by atomic mass is 15.2. The molecule has 13 rings (SSSR count). The molecule has 1 aromatic heterocycles. The number of rotatable bonds is 10. The number of allylic oxidation sites excluding steroid dienone is 3. The molecule has 0 fully saturated rings. The molecule has 0 aliphatic heterocycles. The maximum atomic E-state index is 2.50. The van der Waals surface area contributed by atoms with Gasteiger partial charge in [-0.2, -0.15) is 0 Å². The number of anilines is 5. The molecule has 0 unspecified atom stereocenters. The molecule has 1 spiro atoms. The third kappa shape index (κ3) is 6.65. The lowest BCUT2D eigenvalue weighted by Crippen LogP contribution is -2.26. The summed E-state index contributed by atoms with van der Waals surface area (Å²) in [6, 6.07) is 89.8. The van der Waals surface area contributed by atoms with Gasteiger partial charge in [0.05, 0.1) is 16.4 Å². The van der Waals surface area contributed by atoms with Crippen LogP contribution in [0.15, 0.2) is 267 Å². The second kappa shape index (κ2) is 17.2. The largest absolute Gasteiger partial charge is 0.311 e. The molecule has 0 saturated carbocycles. The minimum absolute atomic E-state index is 0.477. The van der Waals surface area contributed by atoms with Crippen LogP contribution in [-0.2, 0) is 5.41 Å². The summed E-state index contributed by atoms with van der Waals surface area (Å²) in [4.78, 5) is 4.89. The van der Waals surface area contributed by atoms with Gasteiger partial charge in [-0.15, -0.1) is 0 Å². The Bertz CT molecular complexity index is 3820. The standard InChI is InChI=1S/C68H51N3/c1-3-22-49(23-4-2)69(50-24-8-5-9-25-50)54-42-48(47-38-41-67-61(44-47)60-33-17-21-37-66(60)71(67)52-28-12-7-13-29-52)43-55(45-54)70(51-26-10-6-11-27-51)53-39-40-59-58-32-16-20-36-64(58)68(65(59)46-53)62-34-18-14-30-56(62)57-31-15-19-35-63(57)68/h3,5-46H,4H2,1-2H3/b22-3-,49-23+. The predicted octanol–water partition coefficient (Wildman–Crippen LogP) is 18.3. The zero-order chi connectivity index (χ0) is 47.5. The smallest absolute Gasteiger partial charge is 0.0726 e. The highest BCUT2D eigenvalue weighted by Gasteiger charge is 2.51. The molecule has 0 radical (unpaired) electrons. The van der Waals surface area contributed by atoms with Crippen molar-refractivity contribution in [2.24, 2.45) is 0 Å². The first-order valence-corrected chi connectivity index (χ1v) is 24.9. The average molecular weight is 910 g/mol. The van der Waals surface area contributed by atoms with Crippen molar-refractivity contribution in [3.8, 4) is 39.1 Å². The lowest BCUT2D eigenvalue weighted by atomic mass is 9.70. The third-order valence-corrected chi connectivity index (χ3v) is 14.7. The number of para-hydroxylation sites is 4. The van der Waals surface area contributed by atoms with Crippen molar-refractivity contribution in [3.05, 3.63) is 289 Å². The van der Waals surface area contributed by atoms with Crippen LogP contribution in [0.25, 0.3) is 60.9 Å². The van der Waals surface area contributed by atoms with Crippen molar-refractivity contribution >= 4 is 50.2 Å². The first-order chi connectivity index (χ1) is 35.1. The summed E-state index contributed by atoms with van der Waals surface area (Å²) in [6.07, 6.45) is 7.59. The van der Waals surface area contributed by atoms with E-state index in [0.29, 0.717) is 0 Å². The molecule has 11 aromatic rings. The van der Waals surface area contributed by atoms with Crippen molar-refractivity contribution in [2.75, 3.05) is 9.80 Å². The highest BCUT2D eigenvalue weighted by Crippen LogP contribution is 2.63. The van der Waals surface area contributed by atoms with E-state index in [2.05, 4.69) is 289 Å². The average Bonchev–Trinajstić information content (AvgIpc) is 4.04.